The van der Waals surface area contributed by atoms with Crippen LogP contribution in [0.1, 0.15) is 13.3 Å². The average Bonchev–Trinajstić information content (AvgIpc) is 2.38. The lowest BCUT2D eigenvalue weighted by molar-refractivity contribution is 0.295. The van der Waals surface area contributed by atoms with E-state index >= 15 is 0 Å². The first-order chi connectivity index (χ1) is 7.73. The number of benzene rings is 1. The topological polar surface area (TPSA) is 47.9 Å². The number of ether oxygens (including phenoxy) is 3. The summed E-state index contributed by atoms with van der Waals surface area (Å²) in [4.78, 5) is 0. The molecule has 0 heterocycles. The maximum atomic E-state index is 7.88. The van der Waals surface area contributed by atoms with Crippen molar-refractivity contribution in [1.82, 2.24) is 0 Å². The smallest absolute Gasteiger partial charge is 0.164 e. The molecule has 0 atom stereocenters. The first-order valence-electron chi connectivity index (χ1n) is 5.10. The van der Waals surface area contributed by atoms with Crippen molar-refractivity contribution in [2.75, 3.05) is 27.9 Å². The number of aliphatic hydroxyl groups excluding tert-OH is 1. The molecule has 0 bridgehead atoms. The van der Waals surface area contributed by atoms with Crippen molar-refractivity contribution >= 4 is 0 Å². The van der Waals surface area contributed by atoms with Crippen molar-refractivity contribution < 1.29 is 19.3 Å². The van der Waals surface area contributed by atoms with Crippen LogP contribution in [0.15, 0.2) is 18.2 Å². The molecule has 0 fully saturated rings. The minimum absolute atomic E-state index is 0.319. The Hall–Kier alpha value is -1.42. The number of rotatable bonds is 4. The zero-order valence-electron chi connectivity index (χ0n) is 10.3. The second kappa shape index (κ2) is 8.85. The third-order valence-electron chi connectivity index (χ3n) is 1.81. The van der Waals surface area contributed by atoms with Crippen LogP contribution in [0.4, 0.5) is 0 Å². The summed E-state index contributed by atoms with van der Waals surface area (Å²) in [5.41, 5.74) is 0. The second-order valence-electron chi connectivity index (χ2n) is 2.94. The normalized spacial score (nSPS) is 8.81. The number of methoxy groups -OCH3 is 3. The van der Waals surface area contributed by atoms with Crippen LogP contribution in [0.25, 0.3) is 0 Å². The first-order valence-corrected chi connectivity index (χ1v) is 5.10. The van der Waals surface area contributed by atoms with Gasteiger partial charge in [0.25, 0.3) is 0 Å². The Bertz CT molecular complexity index is 284. The molecule has 0 saturated heterocycles. The predicted octanol–water partition coefficient (Wildman–Crippen LogP) is 2.10. The van der Waals surface area contributed by atoms with E-state index < -0.39 is 0 Å². The average molecular weight is 228 g/mol. The van der Waals surface area contributed by atoms with Crippen LogP contribution in [0.3, 0.4) is 0 Å². The fourth-order valence-electron chi connectivity index (χ4n) is 0.944. The van der Waals surface area contributed by atoms with E-state index in [0.29, 0.717) is 18.1 Å². The van der Waals surface area contributed by atoms with Crippen LogP contribution < -0.4 is 14.2 Å². The molecule has 92 valence electrons. The lowest BCUT2D eigenvalue weighted by atomic mass is 10.3. The van der Waals surface area contributed by atoms with E-state index in [4.69, 9.17) is 19.3 Å². The highest BCUT2D eigenvalue weighted by atomic mass is 16.5. The highest BCUT2D eigenvalue weighted by molar-refractivity contribution is 5.45. The molecule has 0 aliphatic carbocycles. The van der Waals surface area contributed by atoms with Crippen LogP contribution in [0.2, 0.25) is 0 Å². The highest BCUT2D eigenvalue weighted by Gasteiger charge is 2.03. The molecule has 0 unspecified atom stereocenters. The van der Waals surface area contributed by atoms with Gasteiger partial charge in [-0.25, -0.2) is 0 Å². The molecule has 1 aromatic carbocycles. The predicted molar refractivity (Wildman–Crippen MR) is 63.5 cm³/mol. The largest absolute Gasteiger partial charge is 0.497 e. The SMILES string of the molecule is CCCO.COc1ccc(OC)c(OC)c1. The summed E-state index contributed by atoms with van der Waals surface area (Å²) < 4.78 is 15.1. The van der Waals surface area contributed by atoms with Crippen molar-refractivity contribution in [2.45, 2.75) is 13.3 Å². The zero-order chi connectivity index (χ0) is 12.4. The molecule has 1 rings (SSSR count). The standard InChI is InChI=1S/C9H12O3.C3H8O/c1-10-7-4-5-8(11-2)9(6-7)12-3;1-2-3-4/h4-6H,1-3H3;4H,2-3H2,1H3. The highest BCUT2D eigenvalue weighted by Crippen LogP contribution is 2.30. The Balaban J connectivity index is 0.000000487. The van der Waals surface area contributed by atoms with Gasteiger partial charge in [-0.15, -0.1) is 0 Å². The Morgan fingerprint density at radius 1 is 1.00 bits per heavy atom. The van der Waals surface area contributed by atoms with Gasteiger partial charge < -0.3 is 19.3 Å². The van der Waals surface area contributed by atoms with E-state index in [-0.39, 0.29) is 0 Å². The molecular weight excluding hydrogens is 208 g/mol. The molecule has 0 aliphatic heterocycles. The number of hydrogen-bond donors (Lipinski definition) is 1. The lowest BCUT2D eigenvalue weighted by Crippen LogP contribution is -1.91. The quantitative estimate of drug-likeness (QED) is 0.857. The van der Waals surface area contributed by atoms with Gasteiger partial charge in [-0.05, 0) is 18.6 Å². The molecule has 0 saturated carbocycles. The van der Waals surface area contributed by atoms with Gasteiger partial charge in [0.15, 0.2) is 11.5 Å². The van der Waals surface area contributed by atoms with E-state index in [9.17, 15) is 0 Å². The fraction of sp³-hybridized carbons (Fsp3) is 0.500. The van der Waals surface area contributed by atoms with E-state index in [0.717, 1.165) is 12.2 Å². The molecule has 1 aromatic rings. The summed E-state index contributed by atoms with van der Waals surface area (Å²) in [6.07, 6.45) is 0.875. The maximum absolute atomic E-state index is 7.88. The van der Waals surface area contributed by atoms with Gasteiger partial charge in [0.1, 0.15) is 5.75 Å². The van der Waals surface area contributed by atoms with E-state index in [1.54, 1.807) is 33.5 Å². The number of aliphatic hydroxyl groups is 1. The van der Waals surface area contributed by atoms with Crippen molar-refractivity contribution in [3.8, 4) is 17.2 Å². The van der Waals surface area contributed by atoms with Crippen LogP contribution in [-0.4, -0.2) is 33.0 Å². The molecule has 0 aromatic heterocycles. The Kier molecular flexibility index (Phi) is 8.07. The van der Waals surface area contributed by atoms with Gasteiger partial charge in [0.05, 0.1) is 21.3 Å². The fourth-order valence-corrected chi connectivity index (χ4v) is 0.944. The van der Waals surface area contributed by atoms with Gasteiger partial charge >= 0.3 is 0 Å². The van der Waals surface area contributed by atoms with E-state index in [1.807, 2.05) is 13.0 Å². The van der Waals surface area contributed by atoms with E-state index in [2.05, 4.69) is 0 Å². The van der Waals surface area contributed by atoms with Crippen LogP contribution in [-0.2, 0) is 0 Å². The zero-order valence-corrected chi connectivity index (χ0v) is 10.3. The van der Waals surface area contributed by atoms with Crippen molar-refractivity contribution in [2.24, 2.45) is 0 Å². The summed E-state index contributed by atoms with van der Waals surface area (Å²) >= 11 is 0. The summed E-state index contributed by atoms with van der Waals surface area (Å²) in [6, 6.07) is 5.40. The Morgan fingerprint density at radius 3 is 1.94 bits per heavy atom. The van der Waals surface area contributed by atoms with Crippen molar-refractivity contribution in [1.29, 1.82) is 0 Å². The van der Waals surface area contributed by atoms with E-state index in [1.165, 1.54) is 0 Å². The van der Waals surface area contributed by atoms with Gasteiger partial charge in [-0.2, -0.15) is 0 Å². The summed E-state index contributed by atoms with van der Waals surface area (Å²) in [5, 5.41) is 7.88. The maximum Gasteiger partial charge on any atom is 0.164 e. The summed E-state index contributed by atoms with van der Waals surface area (Å²) in [5.74, 6) is 2.14. The van der Waals surface area contributed by atoms with Crippen LogP contribution in [0.5, 0.6) is 17.2 Å². The van der Waals surface area contributed by atoms with Gasteiger partial charge in [0.2, 0.25) is 0 Å². The molecule has 0 amide bonds. The molecular formula is C12H20O4. The Morgan fingerprint density at radius 2 is 1.56 bits per heavy atom. The van der Waals surface area contributed by atoms with Crippen LogP contribution >= 0.6 is 0 Å². The minimum Gasteiger partial charge on any atom is -0.497 e. The third-order valence-corrected chi connectivity index (χ3v) is 1.81. The van der Waals surface area contributed by atoms with Crippen molar-refractivity contribution in [3.05, 3.63) is 18.2 Å². The first kappa shape index (κ1) is 14.6. The molecule has 0 aliphatic rings. The molecule has 0 spiro atoms. The van der Waals surface area contributed by atoms with Crippen molar-refractivity contribution in [3.63, 3.8) is 0 Å². The minimum atomic E-state index is 0.319. The van der Waals surface area contributed by atoms with Gasteiger partial charge in [-0.1, -0.05) is 6.92 Å². The molecule has 1 N–H and O–H groups in total. The molecule has 0 radical (unpaired) electrons. The summed E-state index contributed by atoms with van der Waals surface area (Å²) in [6.45, 7) is 2.25. The lowest BCUT2D eigenvalue weighted by Gasteiger charge is -2.08. The Labute approximate surface area is 96.8 Å². The molecule has 4 heteroatoms. The number of hydrogen-bond acceptors (Lipinski definition) is 4. The van der Waals surface area contributed by atoms with Crippen LogP contribution in [0, 0.1) is 0 Å². The second-order valence-corrected chi connectivity index (χ2v) is 2.94. The third kappa shape index (κ3) is 4.89. The summed E-state index contributed by atoms with van der Waals surface area (Å²) in [7, 11) is 4.81. The van der Waals surface area contributed by atoms with Gasteiger partial charge in [-0.3, -0.25) is 0 Å². The molecule has 4 nitrogen and oxygen atoms in total. The monoisotopic (exact) mass is 228 g/mol. The molecule has 16 heavy (non-hydrogen) atoms. The van der Waals surface area contributed by atoms with Gasteiger partial charge in [0, 0.05) is 12.7 Å².